The number of pyridine rings is 3. The van der Waals surface area contributed by atoms with Gasteiger partial charge in [-0.15, -0.1) is 24.1 Å². The van der Waals surface area contributed by atoms with Gasteiger partial charge in [0.15, 0.2) is 11.4 Å². The van der Waals surface area contributed by atoms with Gasteiger partial charge >= 0.3 is 158 Å². The maximum atomic E-state index is 11.9. The summed E-state index contributed by atoms with van der Waals surface area (Å²) in [4.78, 5) is 73.7. The summed E-state index contributed by atoms with van der Waals surface area (Å²) in [6.07, 6.45) is 8.44. The molecule has 0 saturated carbocycles. The average molecular weight is 1310 g/mol. The zero-order chi connectivity index (χ0) is 63.1. The normalized spacial score (nSPS) is 9.80. The molecular formula is C54H77Cl3F3K2LiN6O16. The predicted octanol–water partition coefficient (Wildman–Crippen LogP) is 0.642. The minimum Gasteiger partial charge on any atom is -0.877 e. The van der Waals surface area contributed by atoms with Crippen molar-refractivity contribution in [2.45, 2.75) is 128 Å². The van der Waals surface area contributed by atoms with E-state index in [-0.39, 0.29) is 182 Å². The van der Waals surface area contributed by atoms with Crippen molar-refractivity contribution in [1.29, 1.82) is 0 Å². The van der Waals surface area contributed by atoms with Crippen molar-refractivity contribution < 1.29 is 213 Å². The summed E-state index contributed by atoms with van der Waals surface area (Å²) in [5, 5.41) is 27.4. The van der Waals surface area contributed by atoms with Crippen LogP contribution in [0.4, 0.5) is 19.0 Å². The van der Waals surface area contributed by atoms with Crippen LogP contribution in [-0.4, -0.2) is 122 Å². The molecule has 0 spiro atoms. The van der Waals surface area contributed by atoms with Gasteiger partial charge in [-0.25, -0.2) is 34.1 Å². The molecule has 0 fully saturated rings. The molecule has 0 aromatic carbocycles. The fourth-order valence-electron chi connectivity index (χ4n) is 4.97. The Morgan fingerprint density at radius 3 is 1.36 bits per heavy atom. The van der Waals surface area contributed by atoms with Gasteiger partial charge in [0.05, 0.1) is 63.2 Å². The van der Waals surface area contributed by atoms with E-state index in [9.17, 15) is 52.2 Å². The molecule has 5 aromatic rings. The number of hydrogen-bond donors (Lipinski definition) is 2. The number of hydrogen-bond acceptors (Lipinski definition) is 19. The summed E-state index contributed by atoms with van der Waals surface area (Å²) in [7, 11) is 0. The Labute approximate surface area is 607 Å². The molecule has 0 aliphatic carbocycles. The Kier molecular flexibility index (Phi) is 70.2. The SMILES string of the molecule is CC(C)OC(C)C.CCCCC.CCOC(=O)/C(Cl)=C\[O-].CCOC(=O)/C(Cl)=C\[O-].CCOC(=O)CCl.CCOC(=O)c1cnc2cc(C)ccn12.CCOC=O.Cc1ccn2c(C(=O)O)cnc2c1.Nc1cc(C(F)(F)F)ccn1.[K+].[K+].[Li+].[OH-]. The molecule has 0 amide bonds. The summed E-state index contributed by atoms with van der Waals surface area (Å²) < 4.78 is 66.4. The molecule has 0 aliphatic heterocycles. The number of carboxylic acid groups (broad SMARTS) is 1. The number of aryl methyl sites for hydroxylation is 2. The van der Waals surface area contributed by atoms with E-state index in [1.165, 1.54) is 31.7 Å². The van der Waals surface area contributed by atoms with Crippen LogP contribution in [0.1, 0.15) is 133 Å². The van der Waals surface area contributed by atoms with Crippen molar-refractivity contribution in [2.24, 2.45) is 0 Å². The van der Waals surface area contributed by atoms with Crippen molar-refractivity contribution in [2.75, 3.05) is 44.6 Å². The number of fused-ring (bicyclic) bond motifs is 2. The van der Waals surface area contributed by atoms with Crippen LogP contribution in [0, 0.1) is 13.8 Å². The molecule has 5 aromatic heterocycles. The van der Waals surface area contributed by atoms with E-state index in [4.69, 9.17) is 55.1 Å². The molecule has 0 radical (unpaired) electrons. The third-order valence-corrected chi connectivity index (χ3v) is 8.90. The molecular weight excluding hydrogens is 1240 g/mol. The van der Waals surface area contributed by atoms with E-state index in [0.717, 1.165) is 35.1 Å². The van der Waals surface area contributed by atoms with Gasteiger partial charge < -0.3 is 55.0 Å². The van der Waals surface area contributed by atoms with E-state index in [1.807, 2.05) is 72.0 Å². The standard InChI is InChI=1S/C11H12N2O2.C9H8N2O2.C6H5F3N2.C6H14O.2C5H7ClO3.C5H12.C4H7ClO2.C3H6O2.2K.Li.H2O/c1-3-15-11(14)9-7-12-10-6-8(2)4-5-13(9)10;1-6-2-3-11-7(9(12)13)5-10-8(11)4-6;7-6(8,9)4-1-2-11-5(10)3-4;1-5(2)7-6(3)4;2*1-2-9-5(8)4(6)3-7;1-3-5-4-2;1-2-7-4(6)3-5;1-2-5-3-4;;;;/h4-7H,3H2,1-2H3;2-5H,1H3,(H,12,13);1-3H,(H2,10,11);5-6H,1-4H3;2*3,7H,2H2,1H3;3-5H2,1-2H3;2-3H2,1H3;3H,2H2,1H3;;;;1H2/q;;;;;;;;;3*+1;/p-3/b;;;;2*4-3+;;;;;;;. The number of ether oxygens (including phenoxy) is 6. The fraction of sp³-hybridized carbons (Fsp3) is 0.463. The predicted molar refractivity (Wildman–Crippen MR) is 301 cm³/mol. The minimum absolute atomic E-state index is 0. The Morgan fingerprint density at radius 1 is 0.694 bits per heavy atom. The number of aromatic nitrogens is 5. The van der Waals surface area contributed by atoms with Gasteiger partial charge in [0.1, 0.15) is 33.1 Å². The van der Waals surface area contributed by atoms with E-state index in [2.05, 4.69) is 47.7 Å². The summed E-state index contributed by atoms with van der Waals surface area (Å²) in [5.41, 5.74) is 8.53. The third-order valence-electron chi connectivity index (χ3n) is 8.20. The minimum atomic E-state index is -4.34. The second-order valence-corrected chi connectivity index (χ2v) is 16.7. The first-order valence-corrected chi connectivity index (χ1v) is 26.2. The zero-order valence-corrected chi connectivity index (χ0v) is 59.8. The molecule has 5 rings (SSSR count). The smallest absolute Gasteiger partial charge is 0.877 e. The molecule has 22 nitrogen and oxygen atoms in total. The number of imidazole rings is 2. The Morgan fingerprint density at radius 2 is 1.11 bits per heavy atom. The van der Waals surface area contributed by atoms with Crippen molar-refractivity contribution in [3.63, 3.8) is 0 Å². The number of nitrogens with two attached hydrogens (primary N) is 1. The number of anilines is 1. The van der Waals surface area contributed by atoms with E-state index >= 15 is 0 Å². The summed E-state index contributed by atoms with van der Waals surface area (Å²) in [6.45, 7) is 27.2. The van der Waals surface area contributed by atoms with Crippen LogP contribution < -0.4 is 138 Å². The molecule has 464 valence electrons. The molecule has 0 bridgehead atoms. The number of unbranched alkanes of at least 4 members (excludes halogenated alkanes) is 2. The van der Waals surface area contributed by atoms with Crippen LogP contribution in [0.25, 0.3) is 11.3 Å². The fourth-order valence-corrected chi connectivity index (χ4v) is 5.15. The van der Waals surface area contributed by atoms with Gasteiger partial charge in [-0.05, 0) is 124 Å². The van der Waals surface area contributed by atoms with E-state index in [1.54, 1.807) is 49.6 Å². The number of carbonyl (C=O) groups is 6. The van der Waals surface area contributed by atoms with Crippen molar-refractivity contribution in [3.05, 3.63) is 118 Å². The van der Waals surface area contributed by atoms with Crippen LogP contribution >= 0.6 is 34.8 Å². The molecule has 0 aliphatic rings. The first-order chi connectivity index (χ1) is 38.1. The Balaban J connectivity index is -0.000000133. The molecule has 0 unspecified atom stereocenters. The molecule has 0 saturated heterocycles. The van der Waals surface area contributed by atoms with Crippen molar-refractivity contribution in [3.8, 4) is 0 Å². The summed E-state index contributed by atoms with van der Waals surface area (Å²) >= 11 is 15.2. The van der Waals surface area contributed by atoms with Crippen LogP contribution in [0.2, 0.25) is 0 Å². The number of nitrogens with zero attached hydrogens (tertiary/aromatic N) is 5. The molecule has 4 N–H and O–H groups in total. The Hall–Kier alpha value is -3.32. The van der Waals surface area contributed by atoms with E-state index < -0.39 is 39.7 Å². The van der Waals surface area contributed by atoms with Gasteiger partial charge in [-0.1, -0.05) is 56.3 Å². The number of carbonyl (C=O) groups excluding carboxylic acids is 5. The number of carboxylic acids is 1. The molecule has 31 heteroatoms. The number of nitrogen functional groups attached to an aromatic ring is 1. The second-order valence-electron chi connectivity index (χ2n) is 15.6. The number of aromatic carboxylic acids is 1. The molecule has 85 heavy (non-hydrogen) atoms. The van der Waals surface area contributed by atoms with Gasteiger partial charge in [-0.3, -0.25) is 18.4 Å². The average Bonchev–Trinajstić information content (AvgIpc) is 4.04. The zero-order valence-electron chi connectivity index (χ0n) is 51.3. The first kappa shape index (κ1) is 97.9. The van der Waals surface area contributed by atoms with E-state index in [0.29, 0.717) is 49.8 Å². The van der Waals surface area contributed by atoms with Gasteiger partial charge in [-0.2, -0.15) is 13.2 Å². The molecule has 5 heterocycles. The number of halogens is 6. The topological polar surface area (TPSA) is 328 Å². The van der Waals surface area contributed by atoms with Crippen LogP contribution in [0.3, 0.4) is 0 Å². The maximum absolute atomic E-state index is 11.9. The Bertz CT molecular complexity index is 2600. The van der Waals surface area contributed by atoms with Crippen LogP contribution in [0.5, 0.6) is 0 Å². The number of alkyl halides is 4. The first-order valence-electron chi connectivity index (χ1n) is 24.9. The van der Waals surface area contributed by atoms with Crippen LogP contribution in [-0.2, 0) is 53.8 Å². The van der Waals surface area contributed by atoms with Crippen molar-refractivity contribution in [1.82, 2.24) is 23.8 Å². The largest absolute Gasteiger partial charge is 1.00 e. The van der Waals surface area contributed by atoms with Gasteiger partial charge in [0, 0.05) is 18.6 Å². The van der Waals surface area contributed by atoms with Gasteiger partial charge in [0.25, 0.3) is 6.47 Å². The summed E-state index contributed by atoms with van der Waals surface area (Å²) in [5.74, 6) is -3.37. The van der Waals surface area contributed by atoms with Gasteiger partial charge in [0.2, 0.25) is 0 Å². The quantitative estimate of drug-likeness (QED) is 0.0276. The van der Waals surface area contributed by atoms with Crippen LogP contribution in [0.15, 0.2) is 90.0 Å². The maximum Gasteiger partial charge on any atom is 1.00 e. The summed E-state index contributed by atoms with van der Waals surface area (Å²) in [6, 6.07) is 9.20. The second kappa shape index (κ2) is 60.9. The number of esters is 4. The number of rotatable bonds is 15. The third kappa shape index (κ3) is 51.3. The van der Waals surface area contributed by atoms with Crippen molar-refractivity contribution >= 4 is 88.2 Å². The monoisotopic (exact) mass is 1310 g/mol. The molecule has 0 atom stereocenters.